The first-order chi connectivity index (χ1) is 16.2. The monoisotopic (exact) mass is 499 g/mol. The first kappa shape index (κ1) is 27.7. The number of nitrogens with zero attached hydrogens (tertiary/aromatic N) is 2. The molecule has 0 aromatic rings. The first-order valence-corrected chi connectivity index (χ1v) is 13.1. The molecule has 2 heterocycles. The zero-order valence-corrected chi connectivity index (χ0v) is 20.4. The number of nitrogens with one attached hydrogen (secondary N) is 3. The van der Waals surface area contributed by atoms with Gasteiger partial charge in [-0.1, -0.05) is 0 Å². The van der Waals surface area contributed by atoms with E-state index >= 15 is 0 Å². The van der Waals surface area contributed by atoms with Crippen molar-refractivity contribution in [2.24, 2.45) is 16.5 Å². The Bertz CT molecular complexity index is 756. The number of thioether (sulfide) groups is 1. The van der Waals surface area contributed by atoms with E-state index in [1.54, 1.807) is 0 Å². The van der Waals surface area contributed by atoms with Crippen LogP contribution >= 0.6 is 11.8 Å². The highest BCUT2D eigenvalue weighted by Crippen LogP contribution is 2.20. The van der Waals surface area contributed by atoms with Gasteiger partial charge < -0.3 is 37.4 Å². The summed E-state index contributed by atoms with van der Waals surface area (Å²) in [4.78, 5) is 56.0. The van der Waals surface area contributed by atoms with E-state index in [1.807, 2.05) is 6.26 Å². The van der Waals surface area contributed by atoms with Crippen LogP contribution in [0.3, 0.4) is 0 Å². The average Bonchev–Trinajstić information content (AvgIpc) is 3.50. The minimum absolute atomic E-state index is 0.0483. The van der Waals surface area contributed by atoms with Crippen LogP contribution in [-0.2, 0) is 19.2 Å². The van der Waals surface area contributed by atoms with Crippen molar-refractivity contribution >= 4 is 41.4 Å². The fraction of sp³-hybridized carbons (Fsp3) is 0.762. The molecule has 12 nitrogen and oxygen atoms in total. The van der Waals surface area contributed by atoms with Gasteiger partial charge in [-0.05, 0) is 63.5 Å². The molecule has 34 heavy (non-hydrogen) atoms. The summed E-state index contributed by atoms with van der Waals surface area (Å²) in [5, 5.41) is 18.0. The molecule has 4 unspecified atom stereocenters. The van der Waals surface area contributed by atoms with Crippen molar-refractivity contribution in [3.8, 4) is 0 Å². The van der Waals surface area contributed by atoms with E-state index in [4.69, 9.17) is 11.5 Å². The molecule has 0 spiro atoms. The maximum absolute atomic E-state index is 13.4. The van der Waals surface area contributed by atoms with Gasteiger partial charge in [0.2, 0.25) is 17.7 Å². The second-order valence-electron chi connectivity index (χ2n) is 8.53. The zero-order valence-electron chi connectivity index (χ0n) is 19.6. The molecule has 0 aromatic carbocycles. The van der Waals surface area contributed by atoms with Crippen molar-refractivity contribution in [2.75, 3.05) is 31.6 Å². The Balaban J connectivity index is 2.08. The lowest BCUT2D eigenvalue weighted by atomic mass is 10.1. The molecule has 13 heteroatoms. The molecule has 2 aliphatic heterocycles. The number of carbonyl (C=O) groups is 4. The van der Waals surface area contributed by atoms with Gasteiger partial charge in [0.25, 0.3) is 0 Å². The summed E-state index contributed by atoms with van der Waals surface area (Å²) in [5.41, 5.74) is 10.7. The molecule has 0 aliphatic carbocycles. The first-order valence-electron chi connectivity index (χ1n) is 11.7. The molecule has 4 atom stereocenters. The second-order valence-corrected chi connectivity index (χ2v) is 9.52. The van der Waals surface area contributed by atoms with Gasteiger partial charge in [-0.25, -0.2) is 4.79 Å². The molecule has 0 saturated carbocycles. The van der Waals surface area contributed by atoms with Gasteiger partial charge in [-0.15, -0.1) is 0 Å². The number of hydrogen-bond acceptors (Lipinski definition) is 7. The molecule has 3 amide bonds. The van der Waals surface area contributed by atoms with Gasteiger partial charge in [-0.3, -0.25) is 19.4 Å². The number of aliphatic carboxylic acids is 1. The summed E-state index contributed by atoms with van der Waals surface area (Å²) in [5.74, 6) is -1.66. The summed E-state index contributed by atoms with van der Waals surface area (Å²) in [6, 6.07) is -2.96. The molecule has 0 aromatic heterocycles. The molecule has 2 rings (SSSR count). The lowest BCUT2D eigenvalue weighted by Crippen LogP contribution is -2.56. The third-order valence-corrected chi connectivity index (χ3v) is 6.64. The molecule has 192 valence electrons. The topological polar surface area (TPSA) is 192 Å². The molecule has 2 fully saturated rings. The lowest BCUT2D eigenvalue weighted by molar-refractivity contribution is -0.145. The molecule has 2 aliphatic rings. The Morgan fingerprint density at radius 2 is 1.85 bits per heavy atom. The summed E-state index contributed by atoms with van der Waals surface area (Å²) >= 11 is 1.49. The molecular formula is C21H37N7O5S. The molecule has 0 bridgehead atoms. The Hall–Kier alpha value is -2.54. The smallest absolute Gasteiger partial charge is 0.326 e. The predicted octanol–water partition coefficient (Wildman–Crippen LogP) is -1.41. The van der Waals surface area contributed by atoms with Crippen molar-refractivity contribution < 1.29 is 24.3 Å². The van der Waals surface area contributed by atoms with Gasteiger partial charge in [0.1, 0.15) is 18.1 Å². The highest BCUT2D eigenvalue weighted by atomic mass is 32.2. The fourth-order valence-electron chi connectivity index (χ4n) is 4.21. The number of carboxylic acid groups (broad SMARTS) is 1. The number of nitrogens with two attached hydrogens (primary N) is 2. The van der Waals surface area contributed by atoms with Crippen LogP contribution in [0.2, 0.25) is 0 Å². The number of rotatable bonds is 13. The Morgan fingerprint density at radius 3 is 2.47 bits per heavy atom. The van der Waals surface area contributed by atoms with Crippen LogP contribution in [0.5, 0.6) is 0 Å². The quantitative estimate of drug-likeness (QED) is 0.100. The number of amides is 3. The third-order valence-electron chi connectivity index (χ3n) is 6.00. The van der Waals surface area contributed by atoms with Gasteiger partial charge >= 0.3 is 5.97 Å². The Kier molecular flexibility index (Phi) is 11.4. The number of likely N-dealkylation sites (tertiary alicyclic amines) is 1. The predicted molar refractivity (Wildman–Crippen MR) is 130 cm³/mol. The maximum atomic E-state index is 13.4. The van der Waals surface area contributed by atoms with E-state index < -0.39 is 30.0 Å². The molecule has 0 radical (unpaired) electrons. The largest absolute Gasteiger partial charge is 0.480 e. The van der Waals surface area contributed by atoms with E-state index in [2.05, 4.69) is 20.9 Å². The molecular weight excluding hydrogens is 462 g/mol. The van der Waals surface area contributed by atoms with E-state index in [0.717, 1.165) is 13.0 Å². The minimum Gasteiger partial charge on any atom is -0.480 e. The SMILES string of the molecule is CSCCC(NC(=O)C1CCCN1C(=O)C(CCCN=C(N)N)NC(=O)C1CCCN1)C(=O)O. The molecule has 2 saturated heterocycles. The Morgan fingerprint density at radius 1 is 1.12 bits per heavy atom. The van der Waals surface area contributed by atoms with Crippen LogP contribution in [-0.4, -0.2) is 95.5 Å². The van der Waals surface area contributed by atoms with Crippen LogP contribution < -0.4 is 27.4 Å². The summed E-state index contributed by atoms with van der Waals surface area (Å²) in [6.07, 6.45) is 5.56. The normalized spacial score (nSPS) is 21.5. The second kappa shape index (κ2) is 14.0. The van der Waals surface area contributed by atoms with Gasteiger partial charge in [-0.2, -0.15) is 11.8 Å². The van der Waals surface area contributed by atoms with E-state index in [1.165, 1.54) is 16.7 Å². The average molecular weight is 500 g/mol. The van der Waals surface area contributed by atoms with Crippen LogP contribution in [0, 0.1) is 0 Å². The van der Waals surface area contributed by atoms with Crippen LogP contribution in [0.25, 0.3) is 0 Å². The fourth-order valence-corrected chi connectivity index (χ4v) is 4.68. The third kappa shape index (κ3) is 8.35. The van der Waals surface area contributed by atoms with Crippen molar-refractivity contribution in [1.82, 2.24) is 20.9 Å². The number of guanidine groups is 1. The summed E-state index contributed by atoms with van der Waals surface area (Å²) in [7, 11) is 0. The van der Waals surface area contributed by atoms with Crippen LogP contribution in [0.1, 0.15) is 44.9 Å². The maximum Gasteiger partial charge on any atom is 0.326 e. The highest BCUT2D eigenvalue weighted by molar-refractivity contribution is 7.98. The van der Waals surface area contributed by atoms with Crippen LogP contribution in [0.4, 0.5) is 0 Å². The van der Waals surface area contributed by atoms with Gasteiger partial charge in [0, 0.05) is 13.1 Å². The van der Waals surface area contributed by atoms with Gasteiger partial charge in [0.05, 0.1) is 6.04 Å². The van der Waals surface area contributed by atoms with E-state index in [9.17, 15) is 24.3 Å². The number of carboxylic acids is 1. The van der Waals surface area contributed by atoms with E-state index in [0.29, 0.717) is 57.4 Å². The number of hydrogen-bond donors (Lipinski definition) is 6. The summed E-state index contributed by atoms with van der Waals surface area (Å²) < 4.78 is 0. The molecule has 8 N–H and O–H groups in total. The number of carbonyl (C=O) groups excluding carboxylic acids is 3. The Labute approximate surface area is 204 Å². The van der Waals surface area contributed by atoms with Crippen LogP contribution in [0.15, 0.2) is 4.99 Å². The standard InChI is InChI=1S/C21H37N7O5S/c1-34-12-8-15(20(32)33)27-18(30)16-7-4-11-28(16)19(31)14(6-3-10-25-21(22)23)26-17(29)13-5-2-9-24-13/h13-16,24H,2-12H2,1H3,(H,26,29)(H,27,30)(H,32,33)(H4,22,23,25). The van der Waals surface area contributed by atoms with Crippen molar-refractivity contribution in [2.45, 2.75) is 69.1 Å². The van der Waals surface area contributed by atoms with E-state index in [-0.39, 0.29) is 23.8 Å². The summed E-state index contributed by atoms with van der Waals surface area (Å²) in [6.45, 7) is 1.42. The number of aliphatic imine (C=N–C) groups is 1. The minimum atomic E-state index is -1.10. The highest BCUT2D eigenvalue weighted by Gasteiger charge is 2.39. The van der Waals surface area contributed by atoms with Crippen molar-refractivity contribution in [1.29, 1.82) is 0 Å². The van der Waals surface area contributed by atoms with Crippen molar-refractivity contribution in [3.63, 3.8) is 0 Å². The van der Waals surface area contributed by atoms with Crippen molar-refractivity contribution in [3.05, 3.63) is 0 Å². The zero-order chi connectivity index (χ0) is 25.1. The van der Waals surface area contributed by atoms with Gasteiger partial charge in [0.15, 0.2) is 5.96 Å². The lowest BCUT2D eigenvalue weighted by Gasteiger charge is -2.30.